The van der Waals surface area contributed by atoms with Gasteiger partial charge in [-0.05, 0) is 0 Å². The second-order valence-electron chi connectivity index (χ2n) is 1.91. The van der Waals surface area contributed by atoms with Crippen molar-refractivity contribution in [3.63, 3.8) is 0 Å². The second-order valence-corrected chi connectivity index (χ2v) is 5.52. The molecular formula is C5H4ClN3O2S2. The first kappa shape index (κ1) is 10.4. The van der Waals surface area contributed by atoms with Crippen LogP contribution in [-0.4, -0.2) is 19.9 Å². The molecule has 0 saturated heterocycles. The Morgan fingerprint density at radius 3 is 2.92 bits per heavy atom. The van der Waals surface area contributed by atoms with Gasteiger partial charge in [0.05, 0.1) is 18.8 Å². The highest BCUT2D eigenvalue weighted by molar-refractivity contribution is 7.91. The van der Waals surface area contributed by atoms with E-state index >= 15 is 0 Å². The third kappa shape index (κ3) is 2.63. The van der Waals surface area contributed by atoms with Crippen LogP contribution in [0.25, 0.3) is 0 Å². The van der Waals surface area contributed by atoms with Crippen LogP contribution in [0.3, 0.4) is 0 Å². The molecule has 1 N–H and O–H groups in total. The summed E-state index contributed by atoms with van der Waals surface area (Å²) < 4.78 is 24.7. The van der Waals surface area contributed by atoms with Crippen molar-refractivity contribution >= 4 is 33.0 Å². The molecule has 8 heteroatoms. The molecule has 5 nitrogen and oxygen atoms in total. The third-order valence-electron chi connectivity index (χ3n) is 1.06. The minimum absolute atomic E-state index is 0.00718. The number of aromatic nitrogens is 1. The van der Waals surface area contributed by atoms with Crippen LogP contribution in [0.15, 0.2) is 10.4 Å². The number of rotatable bonds is 3. The van der Waals surface area contributed by atoms with Gasteiger partial charge in [-0.2, -0.15) is 9.98 Å². The van der Waals surface area contributed by atoms with Crippen molar-refractivity contribution in [2.75, 3.05) is 6.54 Å². The molecule has 0 atom stereocenters. The van der Waals surface area contributed by atoms with Crippen LogP contribution < -0.4 is 4.72 Å². The predicted molar refractivity (Wildman–Crippen MR) is 47.9 cm³/mol. The van der Waals surface area contributed by atoms with E-state index in [0.29, 0.717) is 0 Å². The quantitative estimate of drug-likeness (QED) is 0.781. The number of nitrogens with zero attached hydrogens (tertiary/aromatic N) is 2. The van der Waals surface area contributed by atoms with Gasteiger partial charge < -0.3 is 0 Å². The summed E-state index contributed by atoms with van der Waals surface area (Å²) in [6.07, 6.45) is 1.15. The van der Waals surface area contributed by atoms with Crippen LogP contribution in [0.5, 0.6) is 0 Å². The normalized spacial score (nSPS) is 11.1. The van der Waals surface area contributed by atoms with Gasteiger partial charge in [0.15, 0.2) is 8.68 Å². The minimum atomic E-state index is -3.60. The molecule has 0 unspecified atom stereocenters. The third-order valence-corrected chi connectivity index (χ3v) is 4.04. The van der Waals surface area contributed by atoms with E-state index in [1.807, 2.05) is 0 Å². The summed E-state index contributed by atoms with van der Waals surface area (Å²) >= 11 is 6.29. The van der Waals surface area contributed by atoms with Crippen LogP contribution >= 0.6 is 22.9 Å². The molecule has 1 aromatic rings. The smallest absolute Gasteiger partial charge is 0.232 e. The molecule has 0 amide bonds. The summed E-state index contributed by atoms with van der Waals surface area (Å²) in [6, 6.07) is 1.66. The number of hydrogen-bond donors (Lipinski definition) is 1. The van der Waals surface area contributed by atoms with E-state index in [0.717, 1.165) is 17.5 Å². The Kier molecular flexibility index (Phi) is 3.22. The number of nitriles is 1. The van der Waals surface area contributed by atoms with Crippen molar-refractivity contribution in [1.82, 2.24) is 9.71 Å². The van der Waals surface area contributed by atoms with Crippen LogP contribution in [0, 0.1) is 11.3 Å². The summed E-state index contributed by atoms with van der Waals surface area (Å²) in [7, 11) is -3.60. The fourth-order valence-electron chi connectivity index (χ4n) is 0.562. The summed E-state index contributed by atoms with van der Waals surface area (Å²) in [5.74, 6) is 0. The van der Waals surface area contributed by atoms with Crippen molar-refractivity contribution in [3.8, 4) is 6.07 Å². The fourth-order valence-corrected chi connectivity index (χ4v) is 2.81. The van der Waals surface area contributed by atoms with E-state index in [4.69, 9.17) is 16.9 Å². The number of sulfonamides is 1. The molecule has 0 aromatic carbocycles. The van der Waals surface area contributed by atoms with E-state index < -0.39 is 10.0 Å². The highest BCUT2D eigenvalue weighted by atomic mass is 35.5. The van der Waals surface area contributed by atoms with Crippen LogP contribution in [-0.2, 0) is 10.0 Å². The van der Waals surface area contributed by atoms with Crippen LogP contribution in [0.1, 0.15) is 0 Å². The first-order valence-electron chi connectivity index (χ1n) is 3.04. The summed E-state index contributed by atoms with van der Waals surface area (Å²) in [6.45, 7) is -0.266. The molecule has 0 fully saturated rings. The molecule has 0 radical (unpaired) electrons. The van der Waals surface area contributed by atoms with Gasteiger partial charge in [0.1, 0.15) is 0 Å². The Balaban J connectivity index is 2.89. The van der Waals surface area contributed by atoms with E-state index in [9.17, 15) is 8.42 Å². The molecule has 0 aliphatic heterocycles. The van der Waals surface area contributed by atoms with E-state index in [-0.39, 0.29) is 15.2 Å². The van der Waals surface area contributed by atoms with Gasteiger partial charge in [0, 0.05) is 0 Å². The molecule has 0 aliphatic rings. The Morgan fingerprint density at radius 2 is 2.46 bits per heavy atom. The Bertz CT molecular complexity index is 433. The highest BCUT2D eigenvalue weighted by Crippen LogP contribution is 2.21. The fraction of sp³-hybridized carbons (Fsp3) is 0.200. The molecule has 1 aromatic heterocycles. The monoisotopic (exact) mass is 237 g/mol. The summed E-state index contributed by atoms with van der Waals surface area (Å²) in [5, 5.41) is 8.17. The maximum atomic E-state index is 11.3. The number of thiazole rings is 1. The molecular weight excluding hydrogens is 234 g/mol. The Morgan fingerprint density at radius 1 is 1.77 bits per heavy atom. The van der Waals surface area contributed by atoms with Gasteiger partial charge in [0.2, 0.25) is 0 Å². The molecule has 0 bridgehead atoms. The van der Waals surface area contributed by atoms with E-state index in [2.05, 4.69) is 9.71 Å². The second kappa shape index (κ2) is 4.02. The van der Waals surface area contributed by atoms with Crippen LogP contribution in [0.4, 0.5) is 0 Å². The standard InChI is InChI=1S/C5H4ClN3O2S2/c6-5-8-3-4(12-5)13(10,11)9-2-1-7/h3,9H,2H2. The van der Waals surface area contributed by atoms with Crippen molar-refractivity contribution in [2.24, 2.45) is 0 Å². The molecule has 1 heterocycles. The maximum Gasteiger partial charge on any atom is 0.252 e. The average Bonchev–Trinajstić information content (AvgIpc) is 2.49. The molecule has 0 spiro atoms. The number of halogens is 1. The lowest BCUT2D eigenvalue weighted by Crippen LogP contribution is -2.22. The highest BCUT2D eigenvalue weighted by Gasteiger charge is 2.16. The molecule has 0 aliphatic carbocycles. The van der Waals surface area contributed by atoms with Gasteiger partial charge in [-0.3, -0.25) is 0 Å². The van der Waals surface area contributed by atoms with Crippen molar-refractivity contribution in [1.29, 1.82) is 5.26 Å². The molecule has 13 heavy (non-hydrogen) atoms. The van der Waals surface area contributed by atoms with Gasteiger partial charge in [0.25, 0.3) is 10.0 Å². The van der Waals surface area contributed by atoms with Gasteiger partial charge in [-0.25, -0.2) is 13.4 Å². The Labute approximate surface area is 84.0 Å². The lowest BCUT2D eigenvalue weighted by Gasteiger charge is -1.97. The van der Waals surface area contributed by atoms with Crippen molar-refractivity contribution < 1.29 is 8.42 Å². The average molecular weight is 238 g/mol. The molecule has 70 valence electrons. The first-order valence-corrected chi connectivity index (χ1v) is 5.72. The lowest BCUT2D eigenvalue weighted by atomic mass is 10.8. The zero-order valence-corrected chi connectivity index (χ0v) is 8.58. The summed E-state index contributed by atoms with van der Waals surface area (Å²) in [5.41, 5.74) is 0. The number of hydrogen-bond acceptors (Lipinski definition) is 5. The zero-order chi connectivity index (χ0) is 9.90. The Hall–Kier alpha value is -0.680. The van der Waals surface area contributed by atoms with Crippen LogP contribution in [0.2, 0.25) is 4.47 Å². The lowest BCUT2D eigenvalue weighted by molar-refractivity contribution is 0.588. The van der Waals surface area contributed by atoms with E-state index in [1.165, 1.54) is 0 Å². The SMILES string of the molecule is N#CCNS(=O)(=O)c1cnc(Cl)s1. The van der Waals surface area contributed by atoms with Gasteiger partial charge >= 0.3 is 0 Å². The zero-order valence-electron chi connectivity index (χ0n) is 6.19. The van der Waals surface area contributed by atoms with Gasteiger partial charge in [-0.15, -0.1) is 0 Å². The maximum absolute atomic E-state index is 11.3. The molecule has 1 rings (SSSR count). The van der Waals surface area contributed by atoms with Gasteiger partial charge in [-0.1, -0.05) is 22.9 Å². The van der Waals surface area contributed by atoms with E-state index in [1.54, 1.807) is 6.07 Å². The number of nitrogens with one attached hydrogen (secondary N) is 1. The summed E-state index contributed by atoms with van der Waals surface area (Å²) in [4.78, 5) is 3.57. The minimum Gasteiger partial charge on any atom is -0.232 e. The largest absolute Gasteiger partial charge is 0.252 e. The topological polar surface area (TPSA) is 82.9 Å². The predicted octanol–water partition coefficient (Wildman–Crippen LogP) is 0.598. The van der Waals surface area contributed by atoms with Crippen molar-refractivity contribution in [3.05, 3.63) is 10.7 Å². The molecule has 0 saturated carbocycles. The first-order chi connectivity index (χ1) is 6.06. The van der Waals surface area contributed by atoms with Crippen molar-refractivity contribution in [2.45, 2.75) is 4.21 Å².